The number of nitrogens with one attached hydrogen (secondary N) is 1. The Morgan fingerprint density at radius 1 is 1.21 bits per heavy atom. The zero-order chi connectivity index (χ0) is 16.9. The normalized spacial score (nSPS) is 20.2. The van der Waals surface area contributed by atoms with E-state index >= 15 is 0 Å². The Morgan fingerprint density at radius 2 is 2.00 bits per heavy atom. The largest absolute Gasteiger partial charge is 0.367 e. The average molecular weight is 321 g/mol. The van der Waals surface area contributed by atoms with Gasteiger partial charge in [0.1, 0.15) is 6.10 Å². The molecule has 3 rings (SSSR count). The van der Waals surface area contributed by atoms with Gasteiger partial charge in [0, 0.05) is 12.2 Å². The molecule has 0 spiro atoms. The third-order valence-electron chi connectivity index (χ3n) is 3.96. The Kier molecular flexibility index (Phi) is 4.78. The topological polar surface area (TPSA) is 65.4 Å². The molecule has 0 aromatic heterocycles. The minimum absolute atomic E-state index is 0.0415. The van der Waals surface area contributed by atoms with Crippen LogP contribution in [0.2, 0.25) is 0 Å². The summed E-state index contributed by atoms with van der Waals surface area (Å²) in [6.45, 7) is 3.00. The molecular weight excluding hydrogens is 302 g/mol. The first kappa shape index (κ1) is 16.0. The zero-order valence-electron chi connectivity index (χ0n) is 13.5. The van der Waals surface area contributed by atoms with E-state index in [1.807, 2.05) is 37.3 Å². The van der Waals surface area contributed by atoms with Crippen LogP contribution in [-0.2, 0) is 4.74 Å². The quantitative estimate of drug-likeness (QED) is 0.920. The van der Waals surface area contributed by atoms with Gasteiger partial charge in [-0.15, -0.1) is 0 Å². The van der Waals surface area contributed by atoms with Crippen LogP contribution in [0.1, 0.15) is 24.2 Å². The van der Waals surface area contributed by atoms with E-state index in [1.54, 1.807) is 29.2 Å². The molecule has 1 N–H and O–H groups in total. The fraction of sp³-hybridized carbons (Fsp3) is 0.263. The highest BCUT2D eigenvalue weighted by Gasteiger charge is 2.29. The molecule has 122 valence electrons. The number of benzene rings is 2. The molecule has 1 aliphatic rings. The van der Waals surface area contributed by atoms with Crippen molar-refractivity contribution in [1.82, 2.24) is 4.90 Å². The van der Waals surface area contributed by atoms with Crippen molar-refractivity contribution in [2.75, 3.05) is 18.4 Å². The Bertz CT molecular complexity index is 755. The average Bonchev–Trinajstić information content (AvgIpc) is 2.62. The van der Waals surface area contributed by atoms with Crippen molar-refractivity contribution < 1.29 is 9.53 Å². The number of anilines is 1. The van der Waals surface area contributed by atoms with Gasteiger partial charge in [0.25, 0.3) is 0 Å². The van der Waals surface area contributed by atoms with Gasteiger partial charge in [-0.25, -0.2) is 4.79 Å². The number of carbonyl (C=O) groups is 1. The van der Waals surface area contributed by atoms with E-state index in [1.165, 1.54) is 0 Å². The Morgan fingerprint density at radius 3 is 2.75 bits per heavy atom. The lowest BCUT2D eigenvalue weighted by Gasteiger charge is -2.37. The lowest BCUT2D eigenvalue weighted by atomic mass is 10.1. The predicted octanol–water partition coefficient (Wildman–Crippen LogP) is 3.55. The van der Waals surface area contributed by atoms with E-state index in [0.717, 1.165) is 5.56 Å². The second-order valence-corrected chi connectivity index (χ2v) is 5.87. The maximum Gasteiger partial charge on any atom is 0.322 e. The lowest BCUT2D eigenvalue weighted by molar-refractivity contribution is -0.0642. The summed E-state index contributed by atoms with van der Waals surface area (Å²) in [7, 11) is 0. The van der Waals surface area contributed by atoms with Crippen LogP contribution in [0, 0.1) is 11.3 Å². The van der Waals surface area contributed by atoms with Crippen molar-refractivity contribution >= 4 is 11.7 Å². The third-order valence-corrected chi connectivity index (χ3v) is 3.96. The van der Waals surface area contributed by atoms with Gasteiger partial charge in [0.15, 0.2) is 0 Å². The molecule has 24 heavy (non-hydrogen) atoms. The molecule has 5 heteroatoms. The van der Waals surface area contributed by atoms with E-state index in [9.17, 15) is 4.79 Å². The van der Waals surface area contributed by atoms with Crippen LogP contribution in [-0.4, -0.2) is 30.1 Å². The molecule has 5 nitrogen and oxygen atoms in total. The number of carbonyl (C=O) groups excluding carboxylic acids is 1. The van der Waals surface area contributed by atoms with Crippen LogP contribution in [0.15, 0.2) is 54.6 Å². The summed E-state index contributed by atoms with van der Waals surface area (Å²) in [6, 6.07) is 18.7. The van der Waals surface area contributed by atoms with Crippen LogP contribution < -0.4 is 5.32 Å². The first-order valence-corrected chi connectivity index (χ1v) is 7.92. The molecule has 0 unspecified atom stereocenters. The Hall–Kier alpha value is -2.84. The van der Waals surface area contributed by atoms with Crippen molar-refractivity contribution in [1.29, 1.82) is 5.26 Å². The van der Waals surface area contributed by atoms with E-state index in [0.29, 0.717) is 24.3 Å². The summed E-state index contributed by atoms with van der Waals surface area (Å²) in [4.78, 5) is 14.3. The van der Waals surface area contributed by atoms with Crippen molar-refractivity contribution in [3.05, 3.63) is 65.7 Å². The summed E-state index contributed by atoms with van der Waals surface area (Å²) in [5, 5.41) is 11.8. The molecule has 0 saturated carbocycles. The fourth-order valence-corrected chi connectivity index (χ4v) is 2.84. The number of morpholine rings is 1. The Balaban J connectivity index is 1.71. The highest BCUT2D eigenvalue weighted by molar-refractivity contribution is 5.89. The number of nitriles is 1. The van der Waals surface area contributed by atoms with Gasteiger partial charge in [-0.05, 0) is 30.7 Å². The summed E-state index contributed by atoms with van der Waals surface area (Å²) in [6.07, 6.45) is -0.175. The van der Waals surface area contributed by atoms with Gasteiger partial charge in [-0.1, -0.05) is 36.4 Å². The van der Waals surface area contributed by atoms with Gasteiger partial charge < -0.3 is 15.0 Å². The summed E-state index contributed by atoms with van der Waals surface area (Å²) in [5.41, 5.74) is 2.20. The van der Waals surface area contributed by atoms with Crippen LogP contribution >= 0.6 is 0 Å². The standard InChI is InChI=1S/C19H19N3O2/c1-14-12-22(13-18(24-14)16-7-3-2-4-8-16)19(23)21-17-9-5-6-15(10-17)11-20/h2-10,14,18H,12-13H2,1H3,(H,21,23)/t14-,18-/m1/s1. The zero-order valence-corrected chi connectivity index (χ0v) is 13.5. The number of amides is 2. The van der Waals surface area contributed by atoms with Crippen LogP contribution in [0.3, 0.4) is 0 Å². The fourth-order valence-electron chi connectivity index (χ4n) is 2.84. The second kappa shape index (κ2) is 7.16. The van der Waals surface area contributed by atoms with Crippen LogP contribution in [0.25, 0.3) is 0 Å². The number of hydrogen-bond acceptors (Lipinski definition) is 3. The van der Waals surface area contributed by atoms with Crippen molar-refractivity contribution in [2.24, 2.45) is 0 Å². The maximum absolute atomic E-state index is 12.6. The van der Waals surface area contributed by atoms with Gasteiger partial charge in [0.2, 0.25) is 0 Å². The van der Waals surface area contributed by atoms with Crippen LogP contribution in [0.4, 0.5) is 10.5 Å². The summed E-state index contributed by atoms with van der Waals surface area (Å²) < 4.78 is 5.97. The SMILES string of the molecule is C[C@@H]1CN(C(=O)Nc2cccc(C#N)c2)C[C@H](c2ccccc2)O1. The maximum atomic E-state index is 12.6. The molecule has 2 amide bonds. The molecule has 1 heterocycles. The molecule has 1 saturated heterocycles. The molecule has 0 bridgehead atoms. The molecule has 0 aliphatic carbocycles. The predicted molar refractivity (Wildman–Crippen MR) is 91.5 cm³/mol. The monoisotopic (exact) mass is 321 g/mol. The molecule has 1 fully saturated rings. The van der Waals surface area contributed by atoms with Gasteiger partial charge >= 0.3 is 6.03 Å². The molecule has 2 aromatic rings. The van der Waals surface area contributed by atoms with Crippen molar-refractivity contribution in [3.8, 4) is 6.07 Å². The summed E-state index contributed by atoms with van der Waals surface area (Å²) in [5.74, 6) is 0. The minimum atomic E-state index is -0.179. The molecule has 1 aliphatic heterocycles. The van der Waals surface area contributed by atoms with E-state index in [-0.39, 0.29) is 18.2 Å². The second-order valence-electron chi connectivity index (χ2n) is 5.87. The van der Waals surface area contributed by atoms with E-state index in [4.69, 9.17) is 10.00 Å². The highest BCUT2D eigenvalue weighted by atomic mass is 16.5. The summed E-state index contributed by atoms with van der Waals surface area (Å²) >= 11 is 0. The molecular formula is C19H19N3O2. The lowest BCUT2D eigenvalue weighted by Crippen LogP contribution is -2.47. The number of urea groups is 1. The first-order valence-electron chi connectivity index (χ1n) is 7.92. The molecule has 2 atom stereocenters. The molecule has 2 aromatic carbocycles. The highest BCUT2D eigenvalue weighted by Crippen LogP contribution is 2.25. The minimum Gasteiger partial charge on any atom is -0.367 e. The van der Waals surface area contributed by atoms with E-state index < -0.39 is 0 Å². The smallest absolute Gasteiger partial charge is 0.322 e. The number of ether oxygens (including phenoxy) is 1. The van der Waals surface area contributed by atoms with Gasteiger partial charge in [0.05, 0.1) is 24.3 Å². The van der Waals surface area contributed by atoms with Crippen LogP contribution in [0.5, 0.6) is 0 Å². The molecule has 0 radical (unpaired) electrons. The van der Waals surface area contributed by atoms with Crippen molar-refractivity contribution in [2.45, 2.75) is 19.1 Å². The van der Waals surface area contributed by atoms with E-state index in [2.05, 4.69) is 11.4 Å². The number of nitrogens with zero attached hydrogens (tertiary/aromatic N) is 2. The Labute approximate surface area is 141 Å². The van der Waals surface area contributed by atoms with Gasteiger partial charge in [-0.3, -0.25) is 0 Å². The third kappa shape index (κ3) is 3.73. The van der Waals surface area contributed by atoms with Crippen molar-refractivity contribution in [3.63, 3.8) is 0 Å². The first-order chi connectivity index (χ1) is 11.7. The number of hydrogen-bond donors (Lipinski definition) is 1. The number of rotatable bonds is 2. The van der Waals surface area contributed by atoms with Gasteiger partial charge in [-0.2, -0.15) is 5.26 Å².